The van der Waals surface area contributed by atoms with Gasteiger partial charge in [0.25, 0.3) is 0 Å². The SMILES string of the molecule is O=S1(=O)CCC(c2nc(CCO)co2)CC1. The normalized spacial score (nSPS) is 21.1. The first-order valence-corrected chi connectivity index (χ1v) is 7.18. The first-order chi connectivity index (χ1) is 7.61. The summed E-state index contributed by atoms with van der Waals surface area (Å²) in [4.78, 5) is 4.25. The van der Waals surface area contributed by atoms with E-state index in [1.807, 2.05) is 0 Å². The van der Waals surface area contributed by atoms with E-state index >= 15 is 0 Å². The first-order valence-electron chi connectivity index (χ1n) is 5.36. The van der Waals surface area contributed by atoms with E-state index in [1.165, 1.54) is 6.26 Å². The van der Waals surface area contributed by atoms with Gasteiger partial charge in [0.2, 0.25) is 0 Å². The smallest absolute Gasteiger partial charge is 0.197 e. The summed E-state index contributed by atoms with van der Waals surface area (Å²) in [5.74, 6) is 1.15. The van der Waals surface area contributed by atoms with Gasteiger partial charge in [-0.05, 0) is 12.8 Å². The Morgan fingerprint density at radius 2 is 2.12 bits per heavy atom. The molecule has 0 aromatic carbocycles. The van der Waals surface area contributed by atoms with E-state index < -0.39 is 9.84 Å². The highest BCUT2D eigenvalue weighted by molar-refractivity contribution is 7.91. The first kappa shape index (κ1) is 11.6. The minimum absolute atomic E-state index is 0.0466. The third kappa shape index (κ3) is 2.62. The molecule has 2 rings (SSSR count). The minimum atomic E-state index is -2.84. The predicted molar refractivity (Wildman–Crippen MR) is 57.9 cm³/mol. The average molecular weight is 245 g/mol. The van der Waals surface area contributed by atoms with Crippen molar-refractivity contribution in [3.63, 3.8) is 0 Å². The van der Waals surface area contributed by atoms with Crippen LogP contribution in [-0.4, -0.2) is 36.6 Å². The minimum Gasteiger partial charge on any atom is -0.448 e. The summed E-state index contributed by atoms with van der Waals surface area (Å²) >= 11 is 0. The summed E-state index contributed by atoms with van der Waals surface area (Å²) in [6.07, 6.45) is 3.19. The van der Waals surface area contributed by atoms with Gasteiger partial charge in [0.15, 0.2) is 5.89 Å². The van der Waals surface area contributed by atoms with Crippen LogP contribution in [-0.2, 0) is 16.3 Å². The topological polar surface area (TPSA) is 80.4 Å². The van der Waals surface area contributed by atoms with Gasteiger partial charge in [-0.25, -0.2) is 13.4 Å². The molecule has 0 atom stereocenters. The fourth-order valence-electron chi connectivity index (χ4n) is 1.88. The molecule has 0 saturated carbocycles. The van der Waals surface area contributed by atoms with Gasteiger partial charge in [-0.15, -0.1) is 0 Å². The van der Waals surface area contributed by atoms with Crippen LogP contribution in [0.1, 0.15) is 30.3 Å². The van der Waals surface area contributed by atoms with E-state index in [0.717, 1.165) is 5.69 Å². The molecule has 0 amide bonds. The lowest BCUT2D eigenvalue weighted by molar-refractivity contribution is 0.298. The molecule has 5 nitrogen and oxygen atoms in total. The van der Waals surface area contributed by atoms with E-state index in [2.05, 4.69) is 4.98 Å². The molecule has 6 heteroatoms. The van der Waals surface area contributed by atoms with E-state index in [0.29, 0.717) is 25.2 Å². The fourth-order valence-corrected chi connectivity index (χ4v) is 3.37. The van der Waals surface area contributed by atoms with Crippen LogP contribution >= 0.6 is 0 Å². The third-order valence-corrected chi connectivity index (χ3v) is 4.56. The standard InChI is InChI=1S/C10H15NO4S/c12-4-1-9-7-15-10(11-9)8-2-5-16(13,14)6-3-8/h7-8,12H,1-6H2. The van der Waals surface area contributed by atoms with Crippen molar-refractivity contribution in [3.05, 3.63) is 17.8 Å². The van der Waals surface area contributed by atoms with Gasteiger partial charge in [-0.2, -0.15) is 0 Å². The Kier molecular flexibility index (Phi) is 3.30. The van der Waals surface area contributed by atoms with Crippen LogP contribution in [0, 0.1) is 0 Å². The Balaban J connectivity index is 2.02. The van der Waals surface area contributed by atoms with Crippen LogP contribution in [0.25, 0.3) is 0 Å². The quantitative estimate of drug-likeness (QED) is 0.838. The van der Waals surface area contributed by atoms with Crippen molar-refractivity contribution in [2.75, 3.05) is 18.1 Å². The maximum absolute atomic E-state index is 11.3. The Morgan fingerprint density at radius 1 is 1.44 bits per heavy atom. The molecule has 1 fully saturated rings. The maximum atomic E-state index is 11.3. The van der Waals surface area contributed by atoms with Crippen molar-refractivity contribution >= 4 is 9.84 Å². The summed E-state index contributed by atoms with van der Waals surface area (Å²) < 4.78 is 27.8. The van der Waals surface area contributed by atoms with Gasteiger partial charge in [0.1, 0.15) is 16.1 Å². The van der Waals surface area contributed by atoms with Gasteiger partial charge in [0.05, 0.1) is 17.2 Å². The number of aliphatic hydroxyl groups is 1. The molecule has 2 heterocycles. The van der Waals surface area contributed by atoms with Gasteiger partial charge < -0.3 is 9.52 Å². The molecule has 1 N–H and O–H groups in total. The zero-order valence-electron chi connectivity index (χ0n) is 8.92. The molecule has 0 radical (unpaired) electrons. The van der Waals surface area contributed by atoms with Crippen LogP contribution in [0.2, 0.25) is 0 Å². The van der Waals surface area contributed by atoms with E-state index in [1.54, 1.807) is 0 Å². The molecule has 1 aliphatic heterocycles. The zero-order chi connectivity index (χ0) is 11.6. The molecular weight excluding hydrogens is 230 g/mol. The molecule has 0 unspecified atom stereocenters. The summed E-state index contributed by atoms with van der Waals surface area (Å²) in [6.45, 7) is 0.0466. The lowest BCUT2D eigenvalue weighted by Crippen LogP contribution is -2.22. The molecule has 0 aliphatic carbocycles. The molecule has 1 aromatic heterocycles. The van der Waals surface area contributed by atoms with Crippen molar-refractivity contribution in [1.29, 1.82) is 0 Å². The average Bonchev–Trinajstić information content (AvgIpc) is 2.67. The number of sulfone groups is 1. The van der Waals surface area contributed by atoms with Gasteiger partial charge in [0, 0.05) is 18.9 Å². The molecule has 1 saturated heterocycles. The van der Waals surface area contributed by atoms with Crippen molar-refractivity contribution in [3.8, 4) is 0 Å². The summed E-state index contributed by atoms with van der Waals surface area (Å²) in [5.41, 5.74) is 0.728. The van der Waals surface area contributed by atoms with E-state index in [-0.39, 0.29) is 24.0 Å². The number of nitrogens with zero attached hydrogens (tertiary/aromatic N) is 1. The number of rotatable bonds is 3. The number of hydrogen-bond acceptors (Lipinski definition) is 5. The van der Waals surface area contributed by atoms with Crippen LogP contribution in [0.5, 0.6) is 0 Å². The summed E-state index contributed by atoms with van der Waals surface area (Å²) in [6, 6.07) is 0. The third-order valence-electron chi connectivity index (χ3n) is 2.84. The lowest BCUT2D eigenvalue weighted by atomic mass is 10.0. The largest absolute Gasteiger partial charge is 0.448 e. The molecule has 16 heavy (non-hydrogen) atoms. The van der Waals surface area contributed by atoms with E-state index in [4.69, 9.17) is 9.52 Å². The molecule has 1 aliphatic rings. The lowest BCUT2D eigenvalue weighted by Gasteiger charge is -2.18. The van der Waals surface area contributed by atoms with Crippen LogP contribution in [0.4, 0.5) is 0 Å². The highest BCUT2D eigenvalue weighted by Crippen LogP contribution is 2.28. The van der Waals surface area contributed by atoms with Gasteiger partial charge in [-0.1, -0.05) is 0 Å². The second-order valence-corrected chi connectivity index (χ2v) is 6.38. The number of oxazole rings is 1. The van der Waals surface area contributed by atoms with Crippen LogP contribution < -0.4 is 0 Å². The summed E-state index contributed by atoms with van der Waals surface area (Å²) in [7, 11) is -2.84. The van der Waals surface area contributed by atoms with Crippen LogP contribution in [0.3, 0.4) is 0 Å². The Labute approximate surface area is 94.4 Å². The molecule has 0 bridgehead atoms. The van der Waals surface area contributed by atoms with Gasteiger partial charge >= 0.3 is 0 Å². The van der Waals surface area contributed by atoms with Crippen molar-refractivity contribution in [2.24, 2.45) is 0 Å². The number of hydrogen-bond donors (Lipinski definition) is 1. The molecule has 90 valence electrons. The zero-order valence-corrected chi connectivity index (χ0v) is 9.74. The number of aromatic nitrogens is 1. The highest BCUT2D eigenvalue weighted by atomic mass is 32.2. The Bertz CT molecular complexity index is 437. The molecule has 0 spiro atoms. The van der Waals surface area contributed by atoms with Crippen LogP contribution in [0.15, 0.2) is 10.7 Å². The molecular formula is C10H15NO4S. The highest BCUT2D eigenvalue weighted by Gasteiger charge is 2.27. The fraction of sp³-hybridized carbons (Fsp3) is 0.700. The van der Waals surface area contributed by atoms with E-state index in [9.17, 15) is 8.42 Å². The maximum Gasteiger partial charge on any atom is 0.197 e. The Morgan fingerprint density at radius 3 is 2.75 bits per heavy atom. The summed E-state index contributed by atoms with van der Waals surface area (Å²) in [5, 5.41) is 8.75. The molecule has 1 aromatic rings. The predicted octanol–water partition coefficient (Wildman–Crippen LogP) is 0.502. The monoisotopic (exact) mass is 245 g/mol. The van der Waals surface area contributed by atoms with Gasteiger partial charge in [-0.3, -0.25) is 0 Å². The second-order valence-electron chi connectivity index (χ2n) is 4.08. The Hall–Kier alpha value is -0.880. The van der Waals surface area contributed by atoms with Crippen molar-refractivity contribution in [1.82, 2.24) is 4.98 Å². The second kappa shape index (κ2) is 4.55. The van der Waals surface area contributed by atoms with Crippen molar-refractivity contribution < 1.29 is 17.9 Å². The number of aliphatic hydroxyl groups excluding tert-OH is 1. The van der Waals surface area contributed by atoms with Crippen molar-refractivity contribution in [2.45, 2.75) is 25.2 Å².